The molecule has 0 bridgehead atoms. The van der Waals surface area contributed by atoms with Crippen LogP contribution < -0.4 is 20.1 Å². The number of aromatic nitrogens is 1. The number of rotatable bonds is 6. The summed E-state index contributed by atoms with van der Waals surface area (Å²) in [5.74, 6) is -2.61. The maximum atomic E-state index is 12.8. The SMILES string of the molecule is CNCc1ccc2c(-c3ccc(C(=O)On4c(O)ccc4O)cc3C(=O)O)c3ccc(=[N+](C)C)cc-3oc2c1. The first-order valence-electron chi connectivity index (χ1n) is 12.0. The number of benzene rings is 3. The lowest BCUT2D eigenvalue weighted by Crippen LogP contribution is -2.21. The van der Waals surface area contributed by atoms with Gasteiger partial charge < -0.3 is 29.9 Å². The van der Waals surface area contributed by atoms with Gasteiger partial charge in [0.25, 0.3) is 0 Å². The summed E-state index contributed by atoms with van der Waals surface area (Å²) in [5.41, 5.74) is 3.10. The second-order valence-corrected chi connectivity index (χ2v) is 9.20. The average Bonchev–Trinajstić information content (AvgIpc) is 3.23. The van der Waals surface area contributed by atoms with Gasteiger partial charge in [-0.1, -0.05) is 18.2 Å². The predicted octanol–water partition coefficient (Wildman–Crippen LogP) is 3.14. The van der Waals surface area contributed by atoms with E-state index in [0.29, 0.717) is 44.7 Å². The molecule has 1 aliphatic carbocycles. The van der Waals surface area contributed by atoms with E-state index in [-0.39, 0.29) is 11.1 Å². The van der Waals surface area contributed by atoms with Crippen LogP contribution in [-0.4, -0.2) is 53.1 Å². The molecule has 0 fully saturated rings. The Kier molecular flexibility index (Phi) is 6.55. The van der Waals surface area contributed by atoms with Crippen LogP contribution in [0.25, 0.3) is 33.4 Å². The Morgan fingerprint density at radius 1 is 0.949 bits per heavy atom. The van der Waals surface area contributed by atoms with Crippen molar-refractivity contribution in [3.05, 3.63) is 88.8 Å². The van der Waals surface area contributed by atoms with Crippen LogP contribution in [0, 0.1) is 0 Å². The minimum atomic E-state index is -1.25. The van der Waals surface area contributed by atoms with Gasteiger partial charge in [-0.2, -0.15) is 0 Å². The number of carboxylic acids is 1. The van der Waals surface area contributed by atoms with Crippen molar-refractivity contribution in [2.75, 3.05) is 21.1 Å². The zero-order valence-corrected chi connectivity index (χ0v) is 21.4. The average molecular weight is 529 g/mol. The molecule has 1 aromatic heterocycles. The van der Waals surface area contributed by atoms with Gasteiger partial charge in [0.05, 0.1) is 17.2 Å². The quantitative estimate of drug-likeness (QED) is 0.195. The summed E-state index contributed by atoms with van der Waals surface area (Å²) in [4.78, 5) is 30.3. The van der Waals surface area contributed by atoms with E-state index in [0.717, 1.165) is 23.1 Å². The van der Waals surface area contributed by atoms with E-state index in [1.807, 2.05) is 62.1 Å². The Labute approximate surface area is 222 Å². The van der Waals surface area contributed by atoms with E-state index >= 15 is 0 Å². The van der Waals surface area contributed by atoms with E-state index < -0.39 is 23.7 Å². The number of nitrogens with zero attached hydrogens (tertiary/aromatic N) is 2. The van der Waals surface area contributed by atoms with Crippen molar-refractivity contribution in [1.29, 1.82) is 0 Å². The number of carbonyl (C=O) groups excluding carboxylic acids is 1. The van der Waals surface area contributed by atoms with Crippen molar-refractivity contribution < 1.29 is 34.2 Å². The maximum absolute atomic E-state index is 12.8. The molecule has 4 N–H and O–H groups in total. The van der Waals surface area contributed by atoms with Gasteiger partial charge in [-0.15, -0.1) is 4.73 Å². The Bertz CT molecular complexity index is 1780. The molecule has 0 spiro atoms. The first-order chi connectivity index (χ1) is 18.7. The van der Waals surface area contributed by atoms with Crippen LogP contribution in [-0.2, 0) is 6.54 Å². The van der Waals surface area contributed by atoms with Crippen LogP contribution in [0.1, 0.15) is 26.3 Å². The summed E-state index contributed by atoms with van der Waals surface area (Å²) < 4.78 is 8.79. The molecule has 198 valence electrons. The fourth-order valence-corrected chi connectivity index (χ4v) is 4.50. The summed E-state index contributed by atoms with van der Waals surface area (Å²) in [6, 6.07) is 17.9. The third-order valence-corrected chi connectivity index (χ3v) is 6.39. The fourth-order valence-electron chi connectivity index (χ4n) is 4.50. The lowest BCUT2D eigenvalue weighted by molar-refractivity contribution is 0.0381. The number of carboxylic acid groups (broad SMARTS) is 1. The van der Waals surface area contributed by atoms with E-state index in [4.69, 9.17) is 9.25 Å². The number of fused-ring (bicyclic) bond motifs is 2. The third kappa shape index (κ3) is 4.69. The molecule has 39 heavy (non-hydrogen) atoms. The summed E-state index contributed by atoms with van der Waals surface area (Å²) in [6.45, 7) is 0.625. The van der Waals surface area contributed by atoms with Gasteiger partial charge in [0.1, 0.15) is 25.4 Å². The summed E-state index contributed by atoms with van der Waals surface area (Å²) in [5, 5.41) is 34.5. The van der Waals surface area contributed by atoms with E-state index in [2.05, 4.69) is 5.32 Å². The van der Waals surface area contributed by atoms with E-state index in [1.165, 1.54) is 12.1 Å². The smallest absolute Gasteiger partial charge is 0.363 e. The third-order valence-electron chi connectivity index (χ3n) is 6.39. The van der Waals surface area contributed by atoms with Crippen LogP contribution in [0.15, 0.2) is 71.1 Å². The first kappa shape index (κ1) is 25.6. The summed E-state index contributed by atoms with van der Waals surface area (Å²) >= 11 is 0. The normalized spacial score (nSPS) is 11.2. The Hall–Kier alpha value is -5.09. The van der Waals surface area contributed by atoms with Gasteiger partial charge in [-0.3, -0.25) is 0 Å². The maximum Gasteiger partial charge on any atom is 0.363 e. The molecule has 10 heteroatoms. The van der Waals surface area contributed by atoms with Crippen LogP contribution in [0.3, 0.4) is 0 Å². The molecule has 10 nitrogen and oxygen atoms in total. The second kappa shape index (κ2) is 9.99. The highest BCUT2D eigenvalue weighted by Crippen LogP contribution is 2.41. The van der Waals surface area contributed by atoms with Crippen LogP contribution in [0.5, 0.6) is 11.8 Å². The molecular weight excluding hydrogens is 502 g/mol. The standard InChI is InChI=1S/C29H25N3O7/c1-30-15-16-4-7-20-23(12-16)38-24-14-18(31(2)3)6-9-21(24)27(20)19-8-5-17(13-22(19)28(35)36)29(37)39-32-25(33)10-11-26(32)34/h4-14,30H,15H2,1-3H3,(H2,35,36,37)/p+1. The second-order valence-electron chi connectivity index (χ2n) is 9.20. The molecule has 2 aliphatic rings. The van der Waals surface area contributed by atoms with Crippen molar-refractivity contribution in [3.63, 3.8) is 0 Å². The molecule has 2 heterocycles. The molecule has 0 radical (unpaired) electrons. The highest BCUT2D eigenvalue weighted by Gasteiger charge is 2.24. The largest absolute Gasteiger partial charge is 0.492 e. The predicted molar refractivity (Wildman–Crippen MR) is 144 cm³/mol. The Morgan fingerprint density at radius 2 is 1.67 bits per heavy atom. The van der Waals surface area contributed by atoms with Crippen molar-refractivity contribution in [1.82, 2.24) is 14.6 Å². The zero-order valence-electron chi connectivity index (χ0n) is 21.4. The Balaban J connectivity index is 1.73. The van der Waals surface area contributed by atoms with Crippen molar-refractivity contribution in [3.8, 4) is 34.2 Å². The molecule has 0 unspecified atom stereocenters. The van der Waals surface area contributed by atoms with E-state index in [1.54, 1.807) is 6.07 Å². The molecule has 3 aromatic rings. The molecule has 0 atom stereocenters. The van der Waals surface area contributed by atoms with E-state index in [9.17, 15) is 24.9 Å². The molecule has 5 rings (SSSR count). The summed E-state index contributed by atoms with van der Waals surface area (Å²) in [7, 11) is 5.69. The number of hydrogen-bond acceptors (Lipinski definition) is 7. The van der Waals surface area contributed by atoms with Crippen molar-refractivity contribution in [2.24, 2.45) is 0 Å². The number of aromatic carboxylic acids is 1. The van der Waals surface area contributed by atoms with Gasteiger partial charge in [-0.25, -0.2) is 14.2 Å². The van der Waals surface area contributed by atoms with Crippen LogP contribution in [0.2, 0.25) is 0 Å². The van der Waals surface area contributed by atoms with Crippen molar-refractivity contribution in [2.45, 2.75) is 6.54 Å². The topological polar surface area (TPSA) is 137 Å². The number of hydrogen-bond donors (Lipinski definition) is 4. The lowest BCUT2D eigenvalue weighted by Gasteiger charge is -2.17. The lowest BCUT2D eigenvalue weighted by atomic mass is 9.89. The monoisotopic (exact) mass is 528 g/mol. The molecule has 1 aliphatic heterocycles. The number of aromatic hydroxyl groups is 2. The number of carbonyl (C=O) groups is 2. The number of nitrogens with one attached hydrogen (secondary N) is 1. The molecule has 0 saturated heterocycles. The fraction of sp³-hybridized carbons (Fsp3) is 0.138. The summed E-state index contributed by atoms with van der Waals surface area (Å²) in [6.07, 6.45) is 0. The first-order valence-corrected chi connectivity index (χ1v) is 12.0. The molecule has 0 saturated carbocycles. The minimum absolute atomic E-state index is 0.0796. The zero-order chi connectivity index (χ0) is 27.8. The minimum Gasteiger partial charge on any atom is -0.492 e. The Morgan fingerprint density at radius 3 is 2.33 bits per heavy atom. The van der Waals surface area contributed by atoms with Gasteiger partial charge in [-0.05, 0) is 42.4 Å². The van der Waals surface area contributed by atoms with Gasteiger partial charge in [0.15, 0.2) is 0 Å². The van der Waals surface area contributed by atoms with Gasteiger partial charge in [0, 0.05) is 41.3 Å². The molecular formula is C29H26N3O7+. The van der Waals surface area contributed by atoms with Gasteiger partial charge >= 0.3 is 11.9 Å². The van der Waals surface area contributed by atoms with Crippen LogP contribution >= 0.6 is 0 Å². The van der Waals surface area contributed by atoms with Crippen LogP contribution in [0.4, 0.5) is 0 Å². The molecule has 2 aromatic carbocycles. The van der Waals surface area contributed by atoms with Gasteiger partial charge in [0.2, 0.25) is 17.1 Å². The highest BCUT2D eigenvalue weighted by molar-refractivity contribution is 6.08. The molecule has 0 amide bonds. The highest BCUT2D eigenvalue weighted by atomic mass is 16.7. The van der Waals surface area contributed by atoms with Crippen molar-refractivity contribution >= 4 is 22.9 Å².